The lowest BCUT2D eigenvalue weighted by Gasteiger charge is -2.23. The first-order valence-corrected chi connectivity index (χ1v) is 6.89. The number of hydrogen-bond acceptors (Lipinski definition) is 5. The standard InChI is InChI=1S/C15H14N6/c1-5-16-6-2-11(1)13-9-18-15-19-14(20-21(15)10-13)12-3-7-17-8-4-12/h1-8,13H,9-10H2,(H,18,19,20). The second kappa shape index (κ2) is 4.97. The number of rotatable bonds is 2. The SMILES string of the molecule is c1cc(-c2nc3n(n2)CC(c2ccncc2)CN3)ccn1. The Hall–Kier alpha value is -2.76. The Kier molecular flexibility index (Phi) is 2.85. The second-order valence-electron chi connectivity index (χ2n) is 5.04. The van der Waals surface area contributed by atoms with E-state index in [1.165, 1.54) is 5.56 Å². The van der Waals surface area contributed by atoms with Gasteiger partial charge in [0.05, 0.1) is 6.54 Å². The monoisotopic (exact) mass is 278 g/mol. The van der Waals surface area contributed by atoms with Gasteiger partial charge in [0, 0.05) is 42.8 Å². The molecule has 0 spiro atoms. The van der Waals surface area contributed by atoms with E-state index in [1.54, 1.807) is 12.4 Å². The third kappa shape index (κ3) is 2.24. The van der Waals surface area contributed by atoms with Crippen molar-refractivity contribution in [3.63, 3.8) is 0 Å². The molecule has 4 heterocycles. The van der Waals surface area contributed by atoms with E-state index in [2.05, 4.69) is 37.5 Å². The number of nitrogens with zero attached hydrogens (tertiary/aromatic N) is 5. The van der Waals surface area contributed by atoms with Gasteiger partial charge in [0.1, 0.15) is 0 Å². The first-order chi connectivity index (χ1) is 10.4. The molecular formula is C15H14N6. The molecule has 6 heteroatoms. The largest absolute Gasteiger partial charge is 0.354 e. The van der Waals surface area contributed by atoms with Crippen LogP contribution in [-0.2, 0) is 6.54 Å². The molecule has 0 saturated heterocycles. The second-order valence-corrected chi connectivity index (χ2v) is 5.04. The molecule has 0 amide bonds. The fourth-order valence-electron chi connectivity index (χ4n) is 2.57. The third-order valence-electron chi connectivity index (χ3n) is 3.69. The summed E-state index contributed by atoms with van der Waals surface area (Å²) in [5, 5.41) is 7.95. The maximum atomic E-state index is 4.60. The Morgan fingerprint density at radius 1 is 1.00 bits per heavy atom. The highest BCUT2D eigenvalue weighted by Crippen LogP contribution is 2.26. The van der Waals surface area contributed by atoms with Crippen LogP contribution in [0.5, 0.6) is 0 Å². The Morgan fingerprint density at radius 3 is 2.48 bits per heavy atom. The van der Waals surface area contributed by atoms with E-state index in [-0.39, 0.29) is 0 Å². The molecule has 1 atom stereocenters. The highest BCUT2D eigenvalue weighted by atomic mass is 15.4. The average molecular weight is 278 g/mol. The number of anilines is 1. The molecule has 1 aliphatic rings. The summed E-state index contributed by atoms with van der Waals surface area (Å²) < 4.78 is 1.93. The quantitative estimate of drug-likeness (QED) is 0.776. The Balaban J connectivity index is 1.63. The van der Waals surface area contributed by atoms with Gasteiger partial charge in [0.2, 0.25) is 5.95 Å². The smallest absolute Gasteiger partial charge is 0.221 e. The molecule has 104 valence electrons. The molecule has 0 fully saturated rings. The van der Waals surface area contributed by atoms with Crippen LogP contribution in [0.4, 0.5) is 5.95 Å². The van der Waals surface area contributed by atoms with Crippen LogP contribution in [0.2, 0.25) is 0 Å². The minimum Gasteiger partial charge on any atom is -0.354 e. The van der Waals surface area contributed by atoms with Gasteiger partial charge in [0.25, 0.3) is 0 Å². The number of hydrogen-bond donors (Lipinski definition) is 1. The number of aromatic nitrogens is 5. The van der Waals surface area contributed by atoms with Crippen LogP contribution in [0.1, 0.15) is 11.5 Å². The number of fused-ring (bicyclic) bond motifs is 1. The molecule has 21 heavy (non-hydrogen) atoms. The Morgan fingerprint density at radius 2 is 1.71 bits per heavy atom. The van der Waals surface area contributed by atoms with E-state index in [4.69, 9.17) is 0 Å². The highest BCUT2D eigenvalue weighted by Gasteiger charge is 2.22. The van der Waals surface area contributed by atoms with Crippen molar-refractivity contribution >= 4 is 5.95 Å². The third-order valence-corrected chi connectivity index (χ3v) is 3.69. The van der Waals surface area contributed by atoms with Crippen LogP contribution in [0.15, 0.2) is 49.1 Å². The fraction of sp³-hybridized carbons (Fsp3) is 0.200. The minimum absolute atomic E-state index is 0.382. The molecule has 0 radical (unpaired) electrons. The lowest BCUT2D eigenvalue weighted by Crippen LogP contribution is -2.26. The summed E-state index contributed by atoms with van der Waals surface area (Å²) in [4.78, 5) is 12.6. The van der Waals surface area contributed by atoms with E-state index < -0.39 is 0 Å². The first kappa shape index (κ1) is 12.0. The summed E-state index contributed by atoms with van der Waals surface area (Å²) in [7, 11) is 0. The van der Waals surface area contributed by atoms with Crippen molar-refractivity contribution in [2.75, 3.05) is 11.9 Å². The van der Waals surface area contributed by atoms with Crippen molar-refractivity contribution in [2.24, 2.45) is 0 Å². The van der Waals surface area contributed by atoms with Crippen LogP contribution in [0.3, 0.4) is 0 Å². The summed E-state index contributed by atoms with van der Waals surface area (Å²) in [6.45, 7) is 1.68. The Labute approximate surface area is 121 Å². The van der Waals surface area contributed by atoms with Gasteiger partial charge in [-0.3, -0.25) is 9.97 Å². The number of nitrogens with one attached hydrogen (secondary N) is 1. The van der Waals surface area contributed by atoms with Gasteiger partial charge in [-0.2, -0.15) is 4.98 Å². The van der Waals surface area contributed by atoms with Crippen molar-refractivity contribution in [2.45, 2.75) is 12.5 Å². The maximum Gasteiger partial charge on any atom is 0.221 e. The van der Waals surface area contributed by atoms with Gasteiger partial charge < -0.3 is 5.32 Å². The van der Waals surface area contributed by atoms with Crippen LogP contribution < -0.4 is 5.32 Å². The van der Waals surface area contributed by atoms with E-state index in [9.17, 15) is 0 Å². The van der Waals surface area contributed by atoms with E-state index in [1.807, 2.05) is 29.2 Å². The predicted molar refractivity (Wildman–Crippen MR) is 78.7 cm³/mol. The molecule has 1 unspecified atom stereocenters. The van der Waals surface area contributed by atoms with Crippen LogP contribution >= 0.6 is 0 Å². The predicted octanol–water partition coefficient (Wildman–Crippen LogP) is 1.94. The minimum atomic E-state index is 0.382. The highest BCUT2D eigenvalue weighted by molar-refractivity contribution is 5.55. The van der Waals surface area contributed by atoms with Crippen molar-refractivity contribution in [1.29, 1.82) is 0 Å². The molecule has 1 aliphatic heterocycles. The fourth-order valence-corrected chi connectivity index (χ4v) is 2.57. The zero-order chi connectivity index (χ0) is 14.1. The van der Waals surface area contributed by atoms with E-state index >= 15 is 0 Å². The van der Waals surface area contributed by atoms with Gasteiger partial charge in [-0.05, 0) is 29.8 Å². The summed E-state index contributed by atoms with van der Waals surface area (Å²) in [6, 6.07) is 7.94. The average Bonchev–Trinajstić information content (AvgIpc) is 2.99. The van der Waals surface area contributed by atoms with Gasteiger partial charge >= 0.3 is 0 Å². The summed E-state index contributed by atoms with van der Waals surface area (Å²) in [6.07, 6.45) is 7.16. The van der Waals surface area contributed by atoms with E-state index in [0.29, 0.717) is 5.92 Å². The molecule has 0 bridgehead atoms. The van der Waals surface area contributed by atoms with Crippen LogP contribution in [-0.4, -0.2) is 31.3 Å². The molecule has 0 aliphatic carbocycles. The van der Waals surface area contributed by atoms with Gasteiger partial charge in [-0.15, -0.1) is 5.10 Å². The maximum absolute atomic E-state index is 4.60. The van der Waals surface area contributed by atoms with Crippen molar-refractivity contribution < 1.29 is 0 Å². The molecule has 0 aromatic carbocycles. The van der Waals surface area contributed by atoms with E-state index in [0.717, 1.165) is 30.4 Å². The zero-order valence-electron chi connectivity index (χ0n) is 11.3. The number of pyridine rings is 2. The van der Waals surface area contributed by atoms with Gasteiger partial charge in [-0.1, -0.05) is 0 Å². The molecule has 4 rings (SSSR count). The van der Waals surface area contributed by atoms with Crippen molar-refractivity contribution in [3.05, 3.63) is 54.6 Å². The normalized spacial score (nSPS) is 17.0. The molecule has 6 nitrogen and oxygen atoms in total. The molecular weight excluding hydrogens is 264 g/mol. The zero-order valence-corrected chi connectivity index (χ0v) is 11.3. The van der Waals surface area contributed by atoms with Gasteiger partial charge in [-0.25, -0.2) is 4.68 Å². The summed E-state index contributed by atoms with van der Waals surface area (Å²) >= 11 is 0. The van der Waals surface area contributed by atoms with Crippen LogP contribution in [0.25, 0.3) is 11.4 Å². The lowest BCUT2D eigenvalue weighted by atomic mass is 9.99. The summed E-state index contributed by atoms with van der Waals surface area (Å²) in [5.41, 5.74) is 2.25. The van der Waals surface area contributed by atoms with Crippen molar-refractivity contribution in [3.8, 4) is 11.4 Å². The Bertz CT molecular complexity index is 737. The van der Waals surface area contributed by atoms with Crippen LogP contribution in [0, 0.1) is 0 Å². The molecule has 0 saturated carbocycles. The molecule has 3 aromatic rings. The molecule has 3 aromatic heterocycles. The lowest BCUT2D eigenvalue weighted by molar-refractivity contribution is 0.504. The molecule has 1 N–H and O–H groups in total. The topological polar surface area (TPSA) is 68.5 Å². The summed E-state index contributed by atoms with van der Waals surface area (Å²) in [5.74, 6) is 1.94. The van der Waals surface area contributed by atoms with Gasteiger partial charge in [0.15, 0.2) is 5.82 Å². The van der Waals surface area contributed by atoms with Crippen molar-refractivity contribution in [1.82, 2.24) is 24.7 Å². The first-order valence-electron chi connectivity index (χ1n) is 6.89.